The van der Waals surface area contributed by atoms with Gasteiger partial charge in [0.1, 0.15) is 5.82 Å². The first-order valence-electron chi connectivity index (χ1n) is 7.99. The smallest absolute Gasteiger partial charge is 0.128 e. The van der Waals surface area contributed by atoms with Gasteiger partial charge in [0.2, 0.25) is 0 Å². The average molecular weight is 293 g/mol. The third kappa shape index (κ3) is 6.44. The fraction of sp³-hybridized carbons (Fsp3) is 0.706. The van der Waals surface area contributed by atoms with E-state index in [9.17, 15) is 0 Å². The van der Waals surface area contributed by atoms with Gasteiger partial charge in [-0.05, 0) is 37.4 Å². The summed E-state index contributed by atoms with van der Waals surface area (Å²) in [6, 6.07) is 4.75. The van der Waals surface area contributed by atoms with Crippen LogP contribution in [0.5, 0.6) is 0 Å². The SMILES string of the molecule is CCC(C)N(CCOC)c1ccc(CNCC(C)C)cn1. The molecule has 1 aromatic heterocycles. The minimum atomic E-state index is 0.470. The van der Waals surface area contributed by atoms with Crippen LogP contribution in [0.4, 0.5) is 5.82 Å². The maximum atomic E-state index is 5.21. The van der Waals surface area contributed by atoms with Gasteiger partial charge in [0.05, 0.1) is 6.61 Å². The van der Waals surface area contributed by atoms with Crippen molar-refractivity contribution in [3.8, 4) is 0 Å². The molecule has 1 aromatic rings. The zero-order valence-corrected chi connectivity index (χ0v) is 14.2. The lowest BCUT2D eigenvalue weighted by atomic mass is 10.2. The van der Waals surface area contributed by atoms with Crippen LogP contribution >= 0.6 is 0 Å². The van der Waals surface area contributed by atoms with E-state index in [-0.39, 0.29) is 0 Å². The Bertz CT molecular complexity index is 378. The average Bonchev–Trinajstić information content (AvgIpc) is 2.48. The molecular weight excluding hydrogens is 262 g/mol. The van der Waals surface area contributed by atoms with Crippen molar-refractivity contribution < 1.29 is 4.74 Å². The zero-order valence-electron chi connectivity index (χ0n) is 14.2. The molecule has 21 heavy (non-hydrogen) atoms. The minimum Gasteiger partial charge on any atom is -0.383 e. The fourth-order valence-corrected chi connectivity index (χ4v) is 2.17. The van der Waals surface area contributed by atoms with Gasteiger partial charge in [-0.1, -0.05) is 26.8 Å². The topological polar surface area (TPSA) is 37.4 Å². The standard InChI is InChI=1S/C17H31N3O/c1-6-15(4)20(9-10-21-5)17-8-7-16(13-19-17)12-18-11-14(2)3/h7-8,13-15,18H,6,9-12H2,1-5H3. The Morgan fingerprint density at radius 3 is 2.57 bits per heavy atom. The third-order valence-electron chi connectivity index (χ3n) is 3.64. The van der Waals surface area contributed by atoms with Crippen molar-refractivity contribution in [2.24, 2.45) is 5.92 Å². The van der Waals surface area contributed by atoms with Crippen LogP contribution in [-0.4, -0.2) is 37.8 Å². The zero-order chi connectivity index (χ0) is 15.7. The first-order chi connectivity index (χ1) is 10.1. The lowest BCUT2D eigenvalue weighted by Crippen LogP contribution is -2.36. The van der Waals surface area contributed by atoms with E-state index in [1.807, 2.05) is 6.20 Å². The number of anilines is 1. The van der Waals surface area contributed by atoms with Crippen molar-refractivity contribution in [3.05, 3.63) is 23.9 Å². The van der Waals surface area contributed by atoms with E-state index >= 15 is 0 Å². The second-order valence-electron chi connectivity index (χ2n) is 5.99. The molecule has 4 nitrogen and oxygen atoms in total. The predicted octanol–water partition coefficient (Wildman–Crippen LogP) is 3.08. The molecule has 0 amide bonds. The highest BCUT2D eigenvalue weighted by atomic mass is 16.5. The van der Waals surface area contributed by atoms with Gasteiger partial charge in [0, 0.05) is 32.4 Å². The highest BCUT2D eigenvalue weighted by Gasteiger charge is 2.13. The van der Waals surface area contributed by atoms with E-state index in [0.717, 1.165) is 38.5 Å². The van der Waals surface area contributed by atoms with Gasteiger partial charge in [-0.3, -0.25) is 0 Å². The summed E-state index contributed by atoms with van der Waals surface area (Å²) in [5.41, 5.74) is 1.23. The second-order valence-corrected chi connectivity index (χ2v) is 5.99. The minimum absolute atomic E-state index is 0.470. The van der Waals surface area contributed by atoms with Crippen LogP contribution in [-0.2, 0) is 11.3 Å². The lowest BCUT2D eigenvalue weighted by Gasteiger charge is -2.29. The number of rotatable bonds is 10. The number of ether oxygens (including phenoxy) is 1. The van der Waals surface area contributed by atoms with Crippen LogP contribution in [0.3, 0.4) is 0 Å². The molecule has 0 aromatic carbocycles. The molecule has 0 radical (unpaired) electrons. The van der Waals surface area contributed by atoms with Crippen molar-refractivity contribution in [3.63, 3.8) is 0 Å². The summed E-state index contributed by atoms with van der Waals surface area (Å²) in [5, 5.41) is 3.44. The Morgan fingerprint density at radius 1 is 1.29 bits per heavy atom. The predicted molar refractivity (Wildman–Crippen MR) is 89.8 cm³/mol. The number of nitrogens with zero attached hydrogens (tertiary/aromatic N) is 2. The van der Waals surface area contributed by atoms with E-state index < -0.39 is 0 Å². The van der Waals surface area contributed by atoms with E-state index in [4.69, 9.17) is 4.74 Å². The molecule has 1 rings (SSSR count). The molecule has 1 heterocycles. The molecule has 0 fully saturated rings. The molecule has 0 saturated heterocycles. The van der Waals surface area contributed by atoms with E-state index in [1.54, 1.807) is 7.11 Å². The Morgan fingerprint density at radius 2 is 2.05 bits per heavy atom. The van der Waals surface area contributed by atoms with Crippen LogP contribution in [0.25, 0.3) is 0 Å². The summed E-state index contributed by atoms with van der Waals surface area (Å²) < 4.78 is 5.21. The quantitative estimate of drug-likeness (QED) is 0.719. The van der Waals surface area contributed by atoms with Crippen LogP contribution in [0.15, 0.2) is 18.3 Å². The summed E-state index contributed by atoms with van der Waals surface area (Å²) in [7, 11) is 1.74. The Hall–Kier alpha value is -1.13. The van der Waals surface area contributed by atoms with Crippen molar-refractivity contribution in [2.45, 2.75) is 46.7 Å². The van der Waals surface area contributed by atoms with Crippen LogP contribution < -0.4 is 10.2 Å². The number of nitrogens with one attached hydrogen (secondary N) is 1. The number of hydrogen-bond acceptors (Lipinski definition) is 4. The Balaban J connectivity index is 2.64. The van der Waals surface area contributed by atoms with E-state index in [1.165, 1.54) is 5.56 Å². The third-order valence-corrected chi connectivity index (χ3v) is 3.64. The highest BCUT2D eigenvalue weighted by molar-refractivity contribution is 5.40. The monoisotopic (exact) mass is 293 g/mol. The summed E-state index contributed by atoms with van der Waals surface area (Å²) in [6.45, 7) is 12.4. The molecule has 0 aliphatic carbocycles. The van der Waals surface area contributed by atoms with Gasteiger partial charge in [-0.2, -0.15) is 0 Å². The molecule has 1 N–H and O–H groups in total. The maximum absolute atomic E-state index is 5.21. The fourth-order valence-electron chi connectivity index (χ4n) is 2.17. The molecule has 0 bridgehead atoms. The molecule has 0 aliphatic heterocycles. The lowest BCUT2D eigenvalue weighted by molar-refractivity contribution is 0.203. The molecule has 4 heteroatoms. The molecule has 1 unspecified atom stereocenters. The van der Waals surface area contributed by atoms with E-state index in [0.29, 0.717) is 12.0 Å². The molecule has 0 saturated carbocycles. The summed E-state index contributed by atoms with van der Waals surface area (Å²) in [4.78, 5) is 6.94. The number of methoxy groups -OCH3 is 1. The second kappa shape index (κ2) is 9.74. The Kier molecular flexibility index (Phi) is 8.31. The van der Waals surface area contributed by atoms with Gasteiger partial charge in [-0.15, -0.1) is 0 Å². The van der Waals surface area contributed by atoms with Crippen molar-refractivity contribution in [2.75, 3.05) is 31.7 Å². The van der Waals surface area contributed by atoms with Crippen LogP contribution in [0, 0.1) is 5.92 Å². The van der Waals surface area contributed by atoms with Gasteiger partial charge >= 0.3 is 0 Å². The highest BCUT2D eigenvalue weighted by Crippen LogP contribution is 2.16. The molecule has 120 valence electrons. The normalized spacial score (nSPS) is 12.7. The first-order valence-corrected chi connectivity index (χ1v) is 7.99. The van der Waals surface area contributed by atoms with Gasteiger partial charge in [0.25, 0.3) is 0 Å². The molecule has 0 spiro atoms. The first kappa shape index (κ1) is 17.9. The maximum Gasteiger partial charge on any atom is 0.128 e. The largest absolute Gasteiger partial charge is 0.383 e. The number of hydrogen-bond donors (Lipinski definition) is 1. The molecule has 0 aliphatic rings. The van der Waals surface area contributed by atoms with Gasteiger partial charge in [0.15, 0.2) is 0 Å². The Labute approximate surface area is 129 Å². The van der Waals surface area contributed by atoms with E-state index in [2.05, 4.69) is 55.0 Å². The van der Waals surface area contributed by atoms with Crippen molar-refractivity contribution in [1.29, 1.82) is 0 Å². The van der Waals surface area contributed by atoms with Crippen molar-refractivity contribution >= 4 is 5.82 Å². The summed E-state index contributed by atoms with van der Waals surface area (Å²) in [6.07, 6.45) is 3.08. The van der Waals surface area contributed by atoms with Gasteiger partial charge < -0.3 is 15.0 Å². The summed E-state index contributed by atoms with van der Waals surface area (Å²) in [5.74, 6) is 1.71. The number of aromatic nitrogens is 1. The molecular formula is C17H31N3O. The van der Waals surface area contributed by atoms with Gasteiger partial charge in [-0.25, -0.2) is 4.98 Å². The van der Waals surface area contributed by atoms with Crippen molar-refractivity contribution in [1.82, 2.24) is 10.3 Å². The number of pyridine rings is 1. The van der Waals surface area contributed by atoms with Crippen LogP contribution in [0.2, 0.25) is 0 Å². The molecule has 1 atom stereocenters. The summed E-state index contributed by atoms with van der Waals surface area (Å²) >= 11 is 0. The van der Waals surface area contributed by atoms with Crippen LogP contribution in [0.1, 0.15) is 39.7 Å².